The van der Waals surface area contributed by atoms with Gasteiger partial charge in [-0.05, 0) is 52.7 Å². The first-order chi connectivity index (χ1) is 15.5. The first-order valence-electron chi connectivity index (χ1n) is 10.1. The van der Waals surface area contributed by atoms with E-state index in [9.17, 15) is 14.4 Å². The largest absolute Gasteiger partial charge is 0.497 e. The van der Waals surface area contributed by atoms with Gasteiger partial charge in [-0.2, -0.15) is 0 Å². The molecule has 4 atom stereocenters. The Morgan fingerprint density at radius 3 is 1.51 bits per heavy atom. The summed E-state index contributed by atoms with van der Waals surface area (Å²) in [5, 5.41) is 0. The second-order valence-corrected chi connectivity index (χ2v) is 6.06. The van der Waals surface area contributed by atoms with E-state index in [0.717, 1.165) is 5.75 Å². The fraction of sp³-hybridized carbons (Fsp3) is 0.542. The molecule has 4 unspecified atom stereocenters. The molecule has 10 nitrogen and oxygen atoms in total. The van der Waals surface area contributed by atoms with Crippen LogP contribution >= 0.6 is 0 Å². The molecule has 3 fully saturated rings. The predicted molar refractivity (Wildman–Crippen MR) is 136 cm³/mol. The number of benzene rings is 1. The van der Waals surface area contributed by atoms with Crippen LogP contribution in [0.3, 0.4) is 0 Å². The quantitative estimate of drug-likeness (QED) is 0.239. The minimum Gasteiger partial charge on any atom is -0.497 e. The Bertz CT molecular complexity index is 722. The first kappa shape index (κ1) is 63.1. The van der Waals surface area contributed by atoms with Crippen molar-refractivity contribution in [2.75, 3.05) is 35.3 Å². The Balaban J connectivity index is -0.0000000492. The molecule has 0 amide bonds. The van der Waals surface area contributed by atoms with Crippen LogP contribution < -0.4 is 27.7 Å². The van der Waals surface area contributed by atoms with E-state index in [-0.39, 0.29) is 132 Å². The van der Waals surface area contributed by atoms with Crippen LogP contribution in [0.5, 0.6) is 5.75 Å². The number of hydrogen-bond acceptors (Lipinski definition) is 10. The van der Waals surface area contributed by atoms with E-state index in [1.807, 2.05) is 30.3 Å². The molecule has 2 heterocycles. The molecule has 1 saturated carbocycles. The third-order valence-electron chi connectivity index (χ3n) is 4.69. The van der Waals surface area contributed by atoms with Crippen LogP contribution in [0.1, 0.15) is 27.7 Å². The molecule has 0 spiro atoms. The minimum atomic E-state index is -0.585. The van der Waals surface area contributed by atoms with E-state index in [2.05, 4.69) is 34.3 Å². The zero-order valence-electron chi connectivity index (χ0n) is 21.6. The molecule has 2 aliphatic heterocycles. The van der Waals surface area contributed by atoms with E-state index in [4.69, 9.17) is 9.47 Å². The molecule has 4 rings (SSSR count). The van der Waals surface area contributed by atoms with Gasteiger partial charge in [0.2, 0.25) is 0 Å². The molecule has 2 saturated heterocycles. The standard InChI is InChI=1S/C11H10O5.C7H8O.4CH5N.2CH4.5W/c1-4-2-5-6-3-7(8(5)11(14)15-4)10(13)16-9(6)12;1-8-7-5-3-2-4-6-7;4*1-2;;;;;;;/h5-8H,1-3H2;2-6H,1H3;4*2H2,1H3;2*1H4;;;;;. The van der Waals surface area contributed by atoms with Crippen LogP contribution in [0.15, 0.2) is 42.7 Å². The van der Waals surface area contributed by atoms with Crippen molar-refractivity contribution in [1.29, 1.82) is 0 Å². The van der Waals surface area contributed by atoms with Crippen LogP contribution in [0, 0.1) is 23.7 Å². The van der Waals surface area contributed by atoms with Gasteiger partial charge in [0.25, 0.3) is 0 Å². The number of hydrogen-bond donors (Lipinski definition) is 4. The summed E-state index contributed by atoms with van der Waals surface area (Å²) in [5.41, 5.74) is 18.0. The molecule has 1 aliphatic carbocycles. The Hall–Kier alpha value is 0.652. The van der Waals surface area contributed by atoms with Crippen LogP contribution in [0.2, 0.25) is 0 Å². The van der Waals surface area contributed by atoms with Crippen LogP contribution in [0.4, 0.5) is 0 Å². The summed E-state index contributed by atoms with van der Waals surface area (Å²) in [6.45, 7) is 3.60. The zero-order chi connectivity index (χ0) is 25.3. The summed E-state index contributed by atoms with van der Waals surface area (Å²) in [7, 11) is 7.66. The topological polar surface area (TPSA) is 183 Å². The molecular weight excluding hydrogens is 1360 g/mol. The fourth-order valence-electron chi connectivity index (χ4n) is 3.59. The number of nitrogens with two attached hydrogens (primary N) is 4. The van der Waals surface area contributed by atoms with Gasteiger partial charge in [0.05, 0.1) is 24.9 Å². The number of allylic oxidation sites excluding steroid dienone is 1. The molecular formula is C24H46N4O6W5. The summed E-state index contributed by atoms with van der Waals surface area (Å²) < 4.78 is 14.5. The van der Waals surface area contributed by atoms with E-state index in [1.54, 1.807) is 7.11 Å². The average molecular weight is 1410 g/mol. The van der Waals surface area contributed by atoms with Crippen molar-refractivity contribution in [3.63, 3.8) is 0 Å². The van der Waals surface area contributed by atoms with E-state index >= 15 is 0 Å². The van der Waals surface area contributed by atoms with E-state index < -0.39 is 29.7 Å². The second-order valence-electron chi connectivity index (χ2n) is 6.06. The third kappa shape index (κ3) is 20.2. The zero-order valence-corrected chi connectivity index (χ0v) is 36.3. The maximum atomic E-state index is 11.7. The first-order valence-corrected chi connectivity index (χ1v) is 10.1. The predicted octanol–water partition coefficient (Wildman–Crippen LogP) is 1.65. The van der Waals surface area contributed by atoms with E-state index in [1.165, 1.54) is 28.2 Å². The fourth-order valence-corrected chi connectivity index (χ4v) is 3.59. The van der Waals surface area contributed by atoms with Crippen molar-refractivity contribution in [1.82, 2.24) is 0 Å². The molecule has 1 aromatic carbocycles. The summed E-state index contributed by atoms with van der Waals surface area (Å²) in [6.07, 6.45) is 0.870. The van der Waals surface area contributed by atoms with E-state index in [0.29, 0.717) is 18.6 Å². The molecule has 228 valence electrons. The Kier molecular flexibility index (Phi) is 62.5. The second kappa shape index (κ2) is 38.7. The van der Waals surface area contributed by atoms with Crippen molar-refractivity contribution < 1.29 is 134 Å². The number of esters is 3. The molecule has 15 heteroatoms. The van der Waals surface area contributed by atoms with Gasteiger partial charge in [0.1, 0.15) is 11.5 Å². The monoisotopic (exact) mass is 1410 g/mol. The van der Waals surface area contributed by atoms with Gasteiger partial charge in [-0.25, -0.2) is 0 Å². The van der Waals surface area contributed by atoms with Crippen molar-refractivity contribution >= 4 is 17.9 Å². The molecule has 0 radical (unpaired) electrons. The maximum absolute atomic E-state index is 11.7. The maximum Gasteiger partial charge on any atom is 0.317 e. The number of fused-ring (bicyclic) bond motifs is 5. The van der Waals surface area contributed by atoms with Crippen molar-refractivity contribution in [3.05, 3.63) is 42.7 Å². The number of carbonyl (C=O) groups excluding carboxylic acids is 3. The average Bonchev–Trinajstić information content (AvgIpc) is 3.21. The molecule has 2 bridgehead atoms. The Morgan fingerprint density at radius 2 is 1.13 bits per heavy atom. The number of rotatable bonds is 1. The van der Waals surface area contributed by atoms with Crippen molar-refractivity contribution in [3.8, 4) is 5.75 Å². The smallest absolute Gasteiger partial charge is 0.317 e. The van der Waals surface area contributed by atoms with Gasteiger partial charge >= 0.3 is 17.9 Å². The number of para-hydroxylation sites is 1. The van der Waals surface area contributed by atoms with Gasteiger partial charge in [-0.1, -0.05) is 39.6 Å². The van der Waals surface area contributed by atoms with Crippen molar-refractivity contribution in [2.45, 2.75) is 27.7 Å². The van der Waals surface area contributed by atoms with Crippen LogP contribution in [-0.2, 0) is 129 Å². The summed E-state index contributed by atoms with van der Waals surface area (Å²) in [6, 6.07) is 9.68. The Morgan fingerprint density at radius 1 is 0.718 bits per heavy atom. The number of ether oxygens (including phenoxy) is 3. The SMILES string of the molecule is C.C.C=C1CC2C3CC(C(=O)OC3=O)C2C(=O)O1.CN.CN.CN.CN.COc1ccccc1.[W].[W].[W].[W].[W]. The van der Waals surface area contributed by atoms with Crippen LogP contribution in [-0.4, -0.2) is 53.2 Å². The van der Waals surface area contributed by atoms with Crippen molar-refractivity contribution in [2.24, 2.45) is 46.6 Å². The molecule has 3 aliphatic rings. The molecule has 0 aromatic heterocycles. The summed E-state index contributed by atoms with van der Waals surface area (Å²) >= 11 is 0. The molecule has 39 heavy (non-hydrogen) atoms. The molecule has 1 aromatic rings. The number of carbonyl (C=O) groups is 3. The van der Waals surface area contributed by atoms with Gasteiger partial charge < -0.3 is 37.1 Å². The Labute approximate surface area is 306 Å². The van der Waals surface area contributed by atoms with Gasteiger partial charge in [-0.15, -0.1) is 0 Å². The summed E-state index contributed by atoms with van der Waals surface area (Å²) in [5.74, 6) is -1.79. The van der Waals surface area contributed by atoms with Gasteiger partial charge in [-0.3, -0.25) is 14.4 Å². The number of cyclic esters (lactones) is 3. The normalized spacial score (nSPS) is 19.4. The molecule has 8 N–H and O–H groups in total. The summed E-state index contributed by atoms with van der Waals surface area (Å²) in [4.78, 5) is 34.7. The van der Waals surface area contributed by atoms with Crippen LogP contribution in [0.25, 0.3) is 0 Å². The van der Waals surface area contributed by atoms with Gasteiger partial charge in [0, 0.05) is 112 Å². The number of methoxy groups -OCH3 is 1. The third-order valence-corrected chi connectivity index (χ3v) is 4.69. The minimum absolute atomic E-state index is 0. The van der Waals surface area contributed by atoms with Gasteiger partial charge in [0.15, 0.2) is 0 Å².